The maximum absolute atomic E-state index is 13.3. The normalized spacial score (nSPS) is 23.5. The number of ether oxygens (including phenoxy) is 1. The van der Waals surface area contributed by atoms with Gasteiger partial charge < -0.3 is 15.2 Å². The average molecular weight is 467 g/mol. The zero-order chi connectivity index (χ0) is 24.0. The number of alkyl carbamates (subject to hydrolysis) is 1. The van der Waals surface area contributed by atoms with E-state index in [1.807, 2.05) is 48.5 Å². The van der Waals surface area contributed by atoms with Crippen molar-refractivity contribution in [1.82, 2.24) is 5.32 Å². The molecule has 34 heavy (non-hydrogen) atoms. The van der Waals surface area contributed by atoms with E-state index in [1.54, 1.807) is 30.3 Å². The minimum absolute atomic E-state index is 0.0634. The smallest absolute Gasteiger partial charge is 0.417 e. The average Bonchev–Trinajstić information content (AvgIpc) is 3.13. The first-order valence-corrected chi connectivity index (χ1v) is 11.2. The second-order valence-electron chi connectivity index (χ2n) is 9.21. The van der Waals surface area contributed by atoms with Gasteiger partial charge >= 0.3 is 12.3 Å². The minimum Gasteiger partial charge on any atom is -0.449 e. The van der Waals surface area contributed by atoms with Gasteiger partial charge in [-0.15, -0.1) is 0 Å². The Bertz CT molecular complexity index is 1160. The van der Waals surface area contributed by atoms with Crippen LogP contribution in [0.5, 0.6) is 0 Å². The van der Waals surface area contributed by atoms with Crippen molar-refractivity contribution in [3.8, 4) is 11.1 Å². The van der Waals surface area contributed by atoms with Crippen molar-refractivity contribution in [3.05, 3.63) is 95.6 Å². The van der Waals surface area contributed by atoms with Gasteiger partial charge in [-0.05, 0) is 40.7 Å². The lowest BCUT2D eigenvalue weighted by molar-refractivity contribution is -0.303. The van der Waals surface area contributed by atoms with Crippen molar-refractivity contribution in [2.24, 2.45) is 0 Å². The molecule has 3 aromatic carbocycles. The van der Waals surface area contributed by atoms with Gasteiger partial charge in [0.25, 0.3) is 0 Å². The molecule has 176 valence electrons. The molecule has 0 radical (unpaired) electrons. The number of halogens is 3. The fraction of sp³-hybridized carbons (Fsp3) is 0.296. The van der Waals surface area contributed by atoms with Crippen molar-refractivity contribution < 1.29 is 27.8 Å². The van der Waals surface area contributed by atoms with Gasteiger partial charge in [0, 0.05) is 17.9 Å². The van der Waals surface area contributed by atoms with E-state index in [1.165, 1.54) is 0 Å². The van der Waals surface area contributed by atoms with Crippen LogP contribution in [0.1, 0.15) is 35.4 Å². The predicted octanol–water partition coefficient (Wildman–Crippen LogP) is 5.55. The summed E-state index contributed by atoms with van der Waals surface area (Å²) in [6.07, 6.45) is -6.46. The number of hydrogen-bond acceptors (Lipinski definition) is 3. The summed E-state index contributed by atoms with van der Waals surface area (Å²) in [6.45, 7) is 0.0523. The molecule has 0 saturated heterocycles. The third kappa shape index (κ3) is 3.74. The van der Waals surface area contributed by atoms with Gasteiger partial charge in [-0.1, -0.05) is 78.9 Å². The molecule has 0 unspecified atom stereocenters. The number of carbonyl (C=O) groups excluding carboxylic acids is 1. The summed E-state index contributed by atoms with van der Waals surface area (Å²) in [4.78, 5) is 12.6. The molecule has 0 atom stereocenters. The highest BCUT2D eigenvalue weighted by atomic mass is 19.4. The zero-order valence-electron chi connectivity index (χ0n) is 18.3. The van der Waals surface area contributed by atoms with E-state index in [9.17, 15) is 23.1 Å². The Kier molecular flexibility index (Phi) is 5.40. The quantitative estimate of drug-likeness (QED) is 0.517. The van der Waals surface area contributed by atoms with Crippen molar-refractivity contribution in [1.29, 1.82) is 0 Å². The van der Waals surface area contributed by atoms with Crippen LogP contribution in [-0.4, -0.2) is 36.1 Å². The molecular formula is C27H24F3NO3. The van der Waals surface area contributed by atoms with Crippen LogP contribution in [0.2, 0.25) is 0 Å². The molecule has 0 aliphatic heterocycles. The largest absolute Gasteiger partial charge is 0.449 e. The summed E-state index contributed by atoms with van der Waals surface area (Å²) < 4.78 is 45.5. The van der Waals surface area contributed by atoms with Crippen molar-refractivity contribution in [2.45, 2.75) is 36.0 Å². The Morgan fingerprint density at radius 3 is 2.00 bits per heavy atom. The van der Waals surface area contributed by atoms with Crippen LogP contribution in [0.3, 0.4) is 0 Å². The topological polar surface area (TPSA) is 58.6 Å². The van der Waals surface area contributed by atoms with Gasteiger partial charge in [0.05, 0.1) is 0 Å². The molecule has 2 N–H and O–H groups in total. The van der Waals surface area contributed by atoms with E-state index in [0.717, 1.165) is 22.3 Å². The maximum atomic E-state index is 13.3. The van der Waals surface area contributed by atoms with Gasteiger partial charge in [0.2, 0.25) is 0 Å². The summed E-state index contributed by atoms with van der Waals surface area (Å²) in [6, 6.07) is 24.6. The van der Waals surface area contributed by atoms with Crippen LogP contribution in [0.4, 0.5) is 18.0 Å². The molecule has 0 heterocycles. The Labute approximate surface area is 195 Å². The fourth-order valence-electron chi connectivity index (χ4n) is 5.38. The molecular weight excluding hydrogens is 443 g/mol. The molecule has 3 aromatic rings. The van der Waals surface area contributed by atoms with E-state index in [0.29, 0.717) is 5.56 Å². The van der Waals surface area contributed by atoms with Crippen LogP contribution >= 0.6 is 0 Å². The third-order valence-corrected chi connectivity index (χ3v) is 7.09. The Morgan fingerprint density at radius 2 is 1.44 bits per heavy atom. The first-order chi connectivity index (χ1) is 16.2. The number of carbonyl (C=O) groups is 1. The lowest BCUT2D eigenvalue weighted by Gasteiger charge is -2.54. The number of amides is 1. The monoisotopic (exact) mass is 467 g/mol. The first kappa shape index (κ1) is 22.5. The molecule has 5 rings (SSSR count). The van der Waals surface area contributed by atoms with Crippen molar-refractivity contribution in [3.63, 3.8) is 0 Å². The second-order valence-corrected chi connectivity index (χ2v) is 9.21. The SMILES string of the molecule is O=C(NCC1(c2ccccc2)CC(O)(C(F)(F)F)C1)OCC1c2ccccc2-c2ccccc21. The molecule has 1 amide bonds. The summed E-state index contributed by atoms with van der Waals surface area (Å²) in [5, 5.41) is 12.7. The van der Waals surface area contributed by atoms with E-state index in [4.69, 9.17) is 4.74 Å². The van der Waals surface area contributed by atoms with Gasteiger partial charge in [0.15, 0.2) is 5.60 Å². The fourth-order valence-corrected chi connectivity index (χ4v) is 5.38. The lowest BCUT2D eigenvalue weighted by atomic mass is 9.55. The van der Waals surface area contributed by atoms with E-state index in [-0.39, 0.29) is 19.1 Å². The Morgan fingerprint density at radius 1 is 0.912 bits per heavy atom. The molecule has 2 aliphatic carbocycles. The van der Waals surface area contributed by atoms with E-state index < -0.39 is 36.1 Å². The molecule has 0 spiro atoms. The molecule has 0 bridgehead atoms. The highest BCUT2D eigenvalue weighted by molar-refractivity contribution is 5.79. The van der Waals surface area contributed by atoms with Gasteiger partial charge in [0.1, 0.15) is 6.61 Å². The zero-order valence-corrected chi connectivity index (χ0v) is 18.3. The molecule has 0 aromatic heterocycles. The summed E-state index contributed by atoms with van der Waals surface area (Å²) in [5.74, 6) is -0.111. The molecule has 1 saturated carbocycles. The van der Waals surface area contributed by atoms with E-state index in [2.05, 4.69) is 5.32 Å². The highest BCUT2D eigenvalue weighted by Crippen LogP contribution is 2.56. The summed E-state index contributed by atoms with van der Waals surface area (Å²) in [7, 11) is 0. The van der Waals surface area contributed by atoms with Crippen LogP contribution in [-0.2, 0) is 10.2 Å². The number of fused-ring (bicyclic) bond motifs is 3. The van der Waals surface area contributed by atoms with E-state index >= 15 is 0 Å². The Hall–Kier alpha value is -3.32. The molecule has 2 aliphatic rings. The van der Waals surface area contributed by atoms with Crippen LogP contribution in [0, 0.1) is 0 Å². The number of nitrogens with one attached hydrogen (secondary N) is 1. The summed E-state index contributed by atoms with van der Waals surface area (Å²) >= 11 is 0. The highest BCUT2D eigenvalue weighted by Gasteiger charge is 2.67. The van der Waals surface area contributed by atoms with Gasteiger partial charge in [-0.3, -0.25) is 0 Å². The standard InChI is InChI=1S/C27H24F3NO3/c28-27(29,30)26(33)15-25(16-26,18-8-2-1-3-9-18)17-31-24(32)34-14-23-21-12-6-4-10-19(21)20-11-5-7-13-22(20)23/h1-13,23,33H,14-17H2,(H,31,32). The Balaban J connectivity index is 1.27. The van der Waals surface area contributed by atoms with Crippen LogP contribution < -0.4 is 5.32 Å². The van der Waals surface area contributed by atoms with Crippen LogP contribution in [0.25, 0.3) is 11.1 Å². The third-order valence-electron chi connectivity index (χ3n) is 7.09. The van der Waals surface area contributed by atoms with Crippen LogP contribution in [0.15, 0.2) is 78.9 Å². The molecule has 1 fully saturated rings. The second kappa shape index (κ2) is 8.17. The first-order valence-electron chi connectivity index (χ1n) is 11.2. The minimum atomic E-state index is -4.73. The van der Waals surface area contributed by atoms with Crippen molar-refractivity contribution in [2.75, 3.05) is 13.2 Å². The maximum Gasteiger partial charge on any atom is 0.417 e. The number of aliphatic hydroxyl groups is 1. The molecule has 7 heteroatoms. The molecule has 4 nitrogen and oxygen atoms in total. The number of alkyl halides is 3. The summed E-state index contributed by atoms with van der Waals surface area (Å²) in [5.41, 5.74) is 1.23. The van der Waals surface area contributed by atoms with Crippen molar-refractivity contribution >= 4 is 6.09 Å². The lowest BCUT2D eigenvalue weighted by Crippen LogP contribution is -2.65. The number of hydrogen-bond donors (Lipinski definition) is 2. The predicted molar refractivity (Wildman–Crippen MR) is 121 cm³/mol. The van der Waals surface area contributed by atoms with Gasteiger partial charge in [-0.2, -0.15) is 13.2 Å². The van der Waals surface area contributed by atoms with Gasteiger partial charge in [-0.25, -0.2) is 4.79 Å². The number of benzene rings is 3. The number of rotatable bonds is 5.